The molecule has 0 unspecified atom stereocenters. The van der Waals surface area contributed by atoms with Crippen LogP contribution in [0.3, 0.4) is 0 Å². The van der Waals surface area contributed by atoms with Crippen LogP contribution in [0.2, 0.25) is 0 Å². The molecule has 0 aliphatic rings. The minimum atomic E-state index is -1.02. The molecule has 6 nitrogen and oxygen atoms in total. The quantitative estimate of drug-likeness (QED) is 0.542. The number of hydrogen-bond donors (Lipinski definition) is 4. The Kier molecular flexibility index (Phi) is 4.77. The number of aliphatic imine (C=N–C) groups is 1. The number of aromatic hydroxyl groups is 1. The van der Waals surface area contributed by atoms with Crippen molar-refractivity contribution in [1.82, 2.24) is 4.98 Å². The SMILES string of the molecule is Cc1ncc(CO)c(C=NC(C)(CO)CO)c1O. The summed E-state index contributed by atoms with van der Waals surface area (Å²) in [6, 6.07) is 0. The number of nitrogens with zero attached hydrogens (tertiary/aromatic N) is 2. The average molecular weight is 254 g/mol. The monoisotopic (exact) mass is 254 g/mol. The third kappa shape index (κ3) is 3.04. The summed E-state index contributed by atoms with van der Waals surface area (Å²) in [6.07, 6.45) is 2.79. The summed E-state index contributed by atoms with van der Waals surface area (Å²) in [6.45, 7) is 2.29. The van der Waals surface area contributed by atoms with E-state index in [0.29, 0.717) is 16.8 Å². The first-order chi connectivity index (χ1) is 8.47. The standard InChI is InChI=1S/C12H18N2O4/c1-8-11(18)10(9(5-15)3-13-8)4-14-12(2,6-16)7-17/h3-4,15-18H,5-7H2,1-2H3. The Bertz CT molecular complexity index is 442. The zero-order chi connectivity index (χ0) is 13.8. The highest BCUT2D eigenvalue weighted by Crippen LogP contribution is 2.22. The van der Waals surface area contributed by atoms with Crippen LogP contribution in [0.1, 0.15) is 23.7 Å². The first kappa shape index (κ1) is 14.6. The maximum atomic E-state index is 9.86. The molecule has 0 bridgehead atoms. The van der Waals surface area contributed by atoms with Crippen molar-refractivity contribution in [3.63, 3.8) is 0 Å². The largest absolute Gasteiger partial charge is 0.505 e. The molecule has 0 aliphatic carbocycles. The van der Waals surface area contributed by atoms with Crippen molar-refractivity contribution < 1.29 is 20.4 Å². The predicted molar refractivity (Wildman–Crippen MR) is 66.7 cm³/mol. The number of aliphatic hydroxyl groups is 3. The van der Waals surface area contributed by atoms with Crippen LogP contribution in [-0.2, 0) is 6.61 Å². The van der Waals surface area contributed by atoms with Gasteiger partial charge in [-0.05, 0) is 13.8 Å². The van der Waals surface area contributed by atoms with E-state index in [9.17, 15) is 5.11 Å². The molecule has 0 aliphatic heterocycles. The Morgan fingerprint density at radius 2 is 1.94 bits per heavy atom. The Labute approximate surface area is 105 Å². The fourth-order valence-electron chi connectivity index (χ4n) is 1.27. The molecule has 0 aromatic carbocycles. The summed E-state index contributed by atoms with van der Waals surface area (Å²) in [7, 11) is 0. The van der Waals surface area contributed by atoms with E-state index >= 15 is 0 Å². The van der Waals surface area contributed by atoms with Gasteiger partial charge in [-0.2, -0.15) is 0 Å². The second-order valence-electron chi connectivity index (χ2n) is 4.36. The van der Waals surface area contributed by atoms with Crippen molar-refractivity contribution in [1.29, 1.82) is 0 Å². The van der Waals surface area contributed by atoms with Gasteiger partial charge in [-0.15, -0.1) is 0 Å². The van der Waals surface area contributed by atoms with Crippen molar-refractivity contribution in [3.8, 4) is 5.75 Å². The van der Waals surface area contributed by atoms with E-state index in [0.717, 1.165) is 0 Å². The van der Waals surface area contributed by atoms with Crippen molar-refractivity contribution in [2.75, 3.05) is 13.2 Å². The number of aromatic nitrogens is 1. The topological polar surface area (TPSA) is 106 Å². The zero-order valence-corrected chi connectivity index (χ0v) is 10.5. The molecule has 0 fully saturated rings. The van der Waals surface area contributed by atoms with Gasteiger partial charge in [0.25, 0.3) is 0 Å². The second kappa shape index (κ2) is 5.90. The number of rotatable bonds is 5. The third-order valence-electron chi connectivity index (χ3n) is 2.71. The van der Waals surface area contributed by atoms with Gasteiger partial charge < -0.3 is 20.4 Å². The normalized spacial score (nSPS) is 12.3. The fourth-order valence-corrected chi connectivity index (χ4v) is 1.27. The highest BCUT2D eigenvalue weighted by atomic mass is 16.3. The Morgan fingerprint density at radius 3 is 2.44 bits per heavy atom. The van der Waals surface area contributed by atoms with Crippen LogP contribution >= 0.6 is 0 Å². The molecule has 0 radical (unpaired) electrons. The molecule has 100 valence electrons. The molecule has 1 aromatic heterocycles. The van der Waals surface area contributed by atoms with E-state index in [4.69, 9.17) is 15.3 Å². The Hall–Kier alpha value is -1.50. The summed E-state index contributed by atoms with van der Waals surface area (Å²) in [5.41, 5.74) is 0.178. The highest BCUT2D eigenvalue weighted by Gasteiger charge is 2.20. The van der Waals surface area contributed by atoms with Crippen LogP contribution < -0.4 is 0 Å². The minimum absolute atomic E-state index is 0.0662. The van der Waals surface area contributed by atoms with Crippen molar-refractivity contribution >= 4 is 6.21 Å². The summed E-state index contributed by atoms with van der Waals surface area (Å²) in [5.74, 6) is -0.0662. The van der Waals surface area contributed by atoms with E-state index in [1.54, 1.807) is 13.8 Å². The summed E-state index contributed by atoms with van der Waals surface area (Å²) in [5, 5.41) is 37.3. The average Bonchev–Trinajstić information content (AvgIpc) is 2.40. The van der Waals surface area contributed by atoms with E-state index in [-0.39, 0.29) is 25.6 Å². The smallest absolute Gasteiger partial charge is 0.145 e. The van der Waals surface area contributed by atoms with Crippen molar-refractivity contribution in [3.05, 3.63) is 23.0 Å². The van der Waals surface area contributed by atoms with Gasteiger partial charge in [-0.1, -0.05) is 0 Å². The lowest BCUT2D eigenvalue weighted by molar-refractivity contribution is 0.136. The first-order valence-electron chi connectivity index (χ1n) is 5.52. The van der Waals surface area contributed by atoms with Crippen LogP contribution in [0, 0.1) is 6.92 Å². The van der Waals surface area contributed by atoms with Crippen LogP contribution in [-0.4, -0.2) is 50.4 Å². The van der Waals surface area contributed by atoms with Crippen LogP contribution in [0.4, 0.5) is 0 Å². The minimum Gasteiger partial charge on any atom is -0.505 e. The lowest BCUT2D eigenvalue weighted by Crippen LogP contribution is -2.31. The molecule has 4 N–H and O–H groups in total. The number of pyridine rings is 1. The van der Waals surface area contributed by atoms with Crippen molar-refractivity contribution in [2.24, 2.45) is 4.99 Å². The molecule has 18 heavy (non-hydrogen) atoms. The van der Waals surface area contributed by atoms with Gasteiger partial charge in [0, 0.05) is 23.5 Å². The molecule has 6 heteroatoms. The van der Waals surface area contributed by atoms with E-state index in [2.05, 4.69) is 9.98 Å². The molecule has 1 aromatic rings. The molecule has 1 heterocycles. The maximum absolute atomic E-state index is 9.86. The van der Waals surface area contributed by atoms with Crippen LogP contribution in [0.15, 0.2) is 11.2 Å². The molecule has 0 amide bonds. The fraction of sp³-hybridized carbons (Fsp3) is 0.500. The molecule has 0 atom stereocenters. The summed E-state index contributed by atoms with van der Waals surface area (Å²) in [4.78, 5) is 7.97. The van der Waals surface area contributed by atoms with Gasteiger partial charge in [-0.25, -0.2) is 0 Å². The Balaban J connectivity index is 3.17. The van der Waals surface area contributed by atoms with Gasteiger partial charge in [0.05, 0.1) is 25.5 Å². The second-order valence-corrected chi connectivity index (χ2v) is 4.36. The summed E-state index contributed by atoms with van der Waals surface area (Å²) < 4.78 is 0. The summed E-state index contributed by atoms with van der Waals surface area (Å²) >= 11 is 0. The first-order valence-corrected chi connectivity index (χ1v) is 5.52. The molecule has 0 saturated carbocycles. The van der Waals surface area contributed by atoms with Gasteiger partial charge in [0.2, 0.25) is 0 Å². The highest BCUT2D eigenvalue weighted by molar-refractivity contribution is 5.86. The Morgan fingerprint density at radius 1 is 1.33 bits per heavy atom. The lowest BCUT2D eigenvalue weighted by Gasteiger charge is -2.19. The predicted octanol–water partition coefficient (Wildman–Crippen LogP) is -0.250. The lowest BCUT2D eigenvalue weighted by atomic mass is 10.1. The zero-order valence-electron chi connectivity index (χ0n) is 10.5. The van der Waals surface area contributed by atoms with E-state index in [1.165, 1.54) is 12.4 Å². The van der Waals surface area contributed by atoms with Gasteiger partial charge >= 0.3 is 0 Å². The van der Waals surface area contributed by atoms with E-state index in [1.807, 2.05) is 0 Å². The van der Waals surface area contributed by atoms with Gasteiger partial charge in [0.15, 0.2) is 0 Å². The van der Waals surface area contributed by atoms with Crippen LogP contribution in [0.5, 0.6) is 5.75 Å². The molecule has 1 rings (SSSR count). The number of aryl methyl sites for hydroxylation is 1. The van der Waals surface area contributed by atoms with Crippen molar-refractivity contribution in [2.45, 2.75) is 26.0 Å². The van der Waals surface area contributed by atoms with E-state index < -0.39 is 5.54 Å². The number of hydrogen-bond acceptors (Lipinski definition) is 6. The van der Waals surface area contributed by atoms with Gasteiger partial charge in [0.1, 0.15) is 11.3 Å². The molecular formula is C12H18N2O4. The third-order valence-corrected chi connectivity index (χ3v) is 2.71. The molecule has 0 saturated heterocycles. The van der Waals surface area contributed by atoms with Gasteiger partial charge in [-0.3, -0.25) is 9.98 Å². The van der Waals surface area contributed by atoms with Crippen LogP contribution in [0.25, 0.3) is 0 Å². The number of aliphatic hydroxyl groups excluding tert-OH is 3. The maximum Gasteiger partial charge on any atom is 0.145 e. The molecule has 0 spiro atoms. The molecular weight excluding hydrogens is 236 g/mol.